The molecule has 122 valence electrons. The van der Waals surface area contributed by atoms with Gasteiger partial charge in [-0.25, -0.2) is 0 Å². The molecule has 7 nitrogen and oxygen atoms in total. The molecule has 4 rings (SSSR count). The summed E-state index contributed by atoms with van der Waals surface area (Å²) in [6.07, 6.45) is 0. The Morgan fingerprint density at radius 2 is 1.96 bits per heavy atom. The first-order chi connectivity index (χ1) is 11.8. The fraction of sp³-hybridized carbons (Fsp3) is 0.235. The summed E-state index contributed by atoms with van der Waals surface area (Å²) < 4.78 is 7.51. The van der Waals surface area contributed by atoms with E-state index >= 15 is 0 Å². The minimum absolute atomic E-state index is 0.148. The minimum Gasteiger partial charge on any atom is -0.455 e. The third kappa shape index (κ3) is 2.48. The Labute approximate surface area is 138 Å². The number of nitrogens with two attached hydrogens (primary N) is 1. The zero-order chi connectivity index (χ0) is 16.5. The number of benzene rings is 1. The van der Waals surface area contributed by atoms with Gasteiger partial charge in [-0.1, -0.05) is 30.3 Å². The van der Waals surface area contributed by atoms with Crippen molar-refractivity contribution in [3.8, 4) is 11.4 Å². The van der Waals surface area contributed by atoms with Gasteiger partial charge in [-0.05, 0) is 12.1 Å². The average molecular weight is 323 g/mol. The number of aromatic nitrogens is 3. The van der Waals surface area contributed by atoms with Gasteiger partial charge in [-0.3, -0.25) is 4.79 Å². The summed E-state index contributed by atoms with van der Waals surface area (Å²) in [5.41, 5.74) is 6.55. The molecule has 2 N–H and O–H groups in total. The van der Waals surface area contributed by atoms with E-state index in [1.807, 2.05) is 30.3 Å². The van der Waals surface area contributed by atoms with Crippen LogP contribution in [0.4, 0.5) is 0 Å². The van der Waals surface area contributed by atoms with Crippen LogP contribution in [0.25, 0.3) is 11.4 Å². The van der Waals surface area contributed by atoms with Gasteiger partial charge in [0, 0.05) is 18.7 Å². The van der Waals surface area contributed by atoms with Crippen LogP contribution in [-0.4, -0.2) is 32.1 Å². The molecular weight excluding hydrogens is 306 g/mol. The molecule has 1 aliphatic heterocycles. The van der Waals surface area contributed by atoms with Crippen LogP contribution < -0.4 is 5.73 Å². The Bertz CT molecular complexity index is 868. The van der Waals surface area contributed by atoms with Crippen molar-refractivity contribution in [3.63, 3.8) is 0 Å². The number of hydrogen-bond donors (Lipinski definition) is 1. The zero-order valence-electron chi connectivity index (χ0n) is 13.1. The van der Waals surface area contributed by atoms with Gasteiger partial charge >= 0.3 is 0 Å². The molecule has 24 heavy (non-hydrogen) atoms. The number of carbonyl (C=O) groups excluding carboxylic acids is 1. The van der Waals surface area contributed by atoms with Gasteiger partial charge in [-0.2, -0.15) is 0 Å². The number of furan rings is 1. The second-order valence-corrected chi connectivity index (χ2v) is 5.65. The number of amides is 1. The lowest BCUT2D eigenvalue weighted by Gasteiger charge is -2.27. The van der Waals surface area contributed by atoms with Gasteiger partial charge in [0.05, 0.1) is 13.1 Å². The standard InChI is InChI=1S/C17H17N5O2/c18-10-13-6-7-14(24-13)17(23)21-8-9-22-15(11-21)19-20-16(22)12-4-2-1-3-5-12/h1-7H,8-11,18H2. The maximum absolute atomic E-state index is 12.5. The predicted octanol–water partition coefficient (Wildman–Crippen LogP) is 1.65. The molecular formula is C17H17N5O2. The molecule has 7 heteroatoms. The van der Waals surface area contributed by atoms with Crippen molar-refractivity contribution in [2.45, 2.75) is 19.6 Å². The Morgan fingerprint density at radius 1 is 1.12 bits per heavy atom. The smallest absolute Gasteiger partial charge is 0.290 e. The number of fused-ring (bicyclic) bond motifs is 1. The van der Waals surface area contributed by atoms with E-state index in [-0.39, 0.29) is 12.5 Å². The molecule has 0 saturated heterocycles. The summed E-state index contributed by atoms with van der Waals surface area (Å²) in [6.45, 7) is 1.94. The fourth-order valence-electron chi connectivity index (χ4n) is 2.89. The van der Waals surface area contributed by atoms with E-state index in [0.29, 0.717) is 31.2 Å². The first-order valence-electron chi connectivity index (χ1n) is 7.82. The third-order valence-corrected chi connectivity index (χ3v) is 4.15. The third-order valence-electron chi connectivity index (χ3n) is 4.15. The maximum Gasteiger partial charge on any atom is 0.290 e. The second-order valence-electron chi connectivity index (χ2n) is 5.65. The van der Waals surface area contributed by atoms with Crippen molar-refractivity contribution < 1.29 is 9.21 Å². The fourth-order valence-corrected chi connectivity index (χ4v) is 2.89. The summed E-state index contributed by atoms with van der Waals surface area (Å²) in [5.74, 6) is 2.38. The van der Waals surface area contributed by atoms with E-state index in [1.54, 1.807) is 17.0 Å². The monoisotopic (exact) mass is 323 g/mol. The first-order valence-corrected chi connectivity index (χ1v) is 7.82. The Balaban J connectivity index is 1.56. The summed E-state index contributed by atoms with van der Waals surface area (Å²) in [5, 5.41) is 8.54. The molecule has 2 aromatic heterocycles. The van der Waals surface area contributed by atoms with Crippen LogP contribution in [0.15, 0.2) is 46.9 Å². The van der Waals surface area contributed by atoms with Crippen LogP contribution in [0.5, 0.6) is 0 Å². The zero-order valence-corrected chi connectivity index (χ0v) is 13.1. The second kappa shape index (κ2) is 5.93. The van der Waals surface area contributed by atoms with Gasteiger partial charge in [0.25, 0.3) is 5.91 Å². The molecule has 0 spiro atoms. The van der Waals surface area contributed by atoms with E-state index in [2.05, 4.69) is 14.8 Å². The molecule has 0 bridgehead atoms. The number of hydrogen-bond acceptors (Lipinski definition) is 5. The lowest BCUT2D eigenvalue weighted by atomic mass is 10.2. The first kappa shape index (κ1) is 14.6. The summed E-state index contributed by atoms with van der Waals surface area (Å²) in [7, 11) is 0. The van der Waals surface area contributed by atoms with Gasteiger partial charge in [0.15, 0.2) is 17.4 Å². The SMILES string of the molecule is NCc1ccc(C(=O)N2CCn3c(nnc3-c3ccccc3)C2)o1. The van der Waals surface area contributed by atoms with Gasteiger partial charge < -0.3 is 19.6 Å². The summed E-state index contributed by atoms with van der Waals surface area (Å²) in [4.78, 5) is 14.3. The summed E-state index contributed by atoms with van der Waals surface area (Å²) >= 11 is 0. The van der Waals surface area contributed by atoms with Crippen LogP contribution in [0, 0.1) is 0 Å². The van der Waals surface area contributed by atoms with E-state index in [0.717, 1.165) is 17.2 Å². The van der Waals surface area contributed by atoms with Gasteiger partial charge in [0.2, 0.25) is 0 Å². The van der Waals surface area contributed by atoms with E-state index in [9.17, 15) is 4.79 Å². The number of nitrogens with zero attached hydrogens (tertiary/aromatic N) is 4. The van der Waals surface area contributed by atoms with Crippen molar-refractivity contribution in [2.24, 2.45) is 5.73 Å². The topological polar surface area (TPSA) is 90.2 Å². The molecule has 1 aliphatic rings. The van der Waals surface area contributed by atoms with E-state index < -0.39 is 0 Å². The lowest BCUT2D eigenvalue weighted by Crippen LogP contribution is -2.38. The lowest BCUT2D eigenvalue weighted by molar-refractivity contribution is 0.0673. The quantitative estimate of drug-likeness (QED) is 0.791. The molecule has 0 unspecified atom stereocenters. The van der Waals surface area contributed by atoms with E-state index in [1.165, 1.54) is 0 Å². The highest BCUT2D eigenvalue weighted by Gasteiger charge is 2.27. The van der Waals surface area contributed by atoms with E-state index in [4.69, 9.17) is 10.2 Å². The van der Waals surface area contributed by atoms with Crippen molar-refractivity contribution in [1.29, 1.82) is 0 Å². The molecule has 1 aromatic carbocycles. The van der Waals surface area contributed by atoms with Gasteiger partial charge in [0.1, 0.15) is 5.76 Å². The molecule has 0 radical (unpaired) electrons. The van der Waals surface area contributed by atoms with Crippen molar-refractivity contribution in [1.82, 2.24) is 19.7 Å². The minimum atomic E-state index is -0.148. The average Bonchev–Trinajstić information content (AvgIpc) is 3.28. The summed E-state index contributed by atoms with van der Waals surface area (Å²) in [6, 6.07) is 13.3. The number of carbonyl (C=O) groups is 1. The highest BCUT2D eigenvalue weighted by atomic mass is 16.4. The predicted molar refractivity (Wildman–Crippen MR) is 86.8 cm³/mol. The normalized spacial score (nSPS) is 13.8. The van der Waals surface area contributed by atoms with Crippen molar-refractivity contribution in [3.05, 3.63) is 59.8 Å². The van der Waals surface area contributed by atoms with Crippen LogP contribution in [0.1, 0.15) is 22.1 Å². The van der Waals surface area contributed by atoms with Gasteiger partial charge in [-0.15, -0.1) is 10.2 Å². The maximum atomic E-state index is 12.5. The highest BCUT2D eigenvalue weighted by Crippen LogP contribution is 2.22. The highest BCUT2D eigenvalue weighted by molar-refractivity contribution is 5.91. The van der Waals surface area contributed by atoms with Crippen molar-refractivity contribution in [2.75, 3.05) is 6.54 Å². The van der Waals surface area contributed by atoms with Crippen LogP contribution in [0.2, 0.25) is 0 Å². The molecule has 0 saturated carbocycles. The molecule has 0 fully saturated rings. The van der Waals surface area contributed by atoms with Crippen molar-refractivity contribution >= 4 is 5.91 Å². The Morgan fingerprint density at radius 3 is 2.71 bits per heavy atom. The van der Waals surface area contributed by atoms with Crippen LogP contribution >= 0.6 is 0 Å². The molecule has 1 amide bonds. The Kier molecular flexibility index (Phi) is 3.62. The molecule has 0 atom stereocenters. The largest absolute Gasteiger partial charge is 0.455 e. The molecule has 0 aliphatic carbocycles. The van der Waals surface area contributed by atoms with Crippen LogP contribution in [0.3, 0.4) is 0 Å². The van der Waals surface area contributed by atoms with Crippen LogP contribution in [-0.2, 0) is 19.6 Å². The molecule has 3 heterocycles. The number of rotatable bonds is 3. The molecule has 3 aromatic rings. The Hall–Kier alpha value is -2.93.